The van der Waals surface area contributed by atoms with Crippen LogP contribution in [0.4, 0.5) is 0 Å². The number of aromatic amines is 1. The Balaban J connectivity index is 0.848. The molecule has 0 fully saturated rings. The minimum absolute atomic E-state index is 0.943. The summed E-state index contributed by atoms with van der Waals surface area (Å²) in [7, 11) is 0. The van der Waals surface area contributed by atoms with Gasteiger partial charge in [0.2, 0.25) is 0 Å². The number of fused-ring (bicyclic) bond motifs is 9. The van der Waals surface area contributed by atoms with E-state index in [1.54, 1.807) is 0 Å². The summed E-state index contributed by atoms with van der Waals surface area (Å²) in [5.41, 5.74) is 26.0. The van der Waals surface area contributed by atoms with Gasteiger partial charge < -0.3 is 14.1 Å². The third kappa shape index (κ3) is 8.43. The minimum Gasteiger partial charge on any atom is -0.355 e. The second-order valence-electron chi connectivity index (χ2n) is 22.2. The second kappa shape index (κ2) is 20.5. The van der Waals surface area contributed by atoms with Crippen molar-refractivity contribution in [1.82, 2.24) is 34.1 Å². The van der Waals surface area contributed by atoms with Gasteiger partial charge in [0.05, 0.1) is 44.8 Å². The van der Waals surface area contributed by atoms with Crippen LogP contribution in [0.5, 0.6) is 0 Å². The average molecular weight is 1110 g/mol. The Bertz CT molecular complexity index is 4890. The fourth-order valence-electron chi connectivity index (χ4n) is 13.3. The molecule has 7 heterocycles. The smallest absolute Gasteiger partial charge is 0.0708 e. The van der Waals surface area contributed by atoms with Crippen molar-refractivity contribution in [2.75, 3.05) is 0 Å². The molecule has 0 spiro atoms. The lowest BCUT2D eigenvalue weighted by molar-refractivity contribution is 1.18. The molecule has 0 saturated carbocycles. The van der Waals surface area contributed by atoms with Gasteiger partial charge in [0.25, 0.3) is 0 Å². The molecule has 0 radical (unpaired) electrons. The molecule has 0 amide bonds. The van der Waals surface area contributed by atoms with Crippen LogP contribution < -0.4 is 0 Å². The molecule has 17 aromatic rings. The van der Waals surface area contributed by atoms with E-state index < -0.39 is 0 Å². The molecule has 0 unspecified atom stereocenters. The van der Waals surface area contributed by atoms with Gasteiger partial charge in [-0.05, 0) is 178 Å². The first-order chi connectivity index (χ1) is 43.1. The summed E-state index contributed by atoms with van der Waals surface area (Å²) in [6.45, 7) is 0. The van der Waals surface area contributed by atoms with E-state index in [9.17, 15) is 0 Å². The predicted molar refractivity (Wildman–Crippen MR) is 359 cm³/mol. The molecule has 7 aromatic heterocycles. The Hall–Kier alpha value is -11.8. The van der Waals surface area contributed by atoms with E-state index in [0.29, 0.717) is 0 Å². The topological polar surface area (TPSA) is 77.2 Å². The summed E-state index contributed by atoms with van der Waals surface area (Å²) >= 11 is 0. The molecular weight excluding hydrogens is 1060 g/mol. The van der Waals surface area contributed by atoms with Crippen LogP contribution in [0.1, 0.15) is 0 Å². The fourth-order valence-corrected chi connectivity index (χ4v) is 13.3. The molecule has 406 valence electrons. The molecule has 0 bridgehead atoms. The van der Waals surface area contributed by atoms with Crippen molar-refractivity contribution < 1.29 is 0 Å². The highest BCUT2D eigenvalue weighted by Gasteiger charge is 2.22. The number of pyridine rings is 4. The Labute approximate surface area is 501 Å². The molecule has 0 aliphatic carbocycles. The number of benzene rings is 10. The van der Waals surface area contributed by atoms with Gasteiger partial charge in [-0.25, -0.2) is 0 Å². The lowest BCUT2D eigenvalue weighted by atomic mass is 9.94. The van der Waals surface area contributed by atoms with E-state index in [1.807, 2.05) is 49.1 Å². The normalized spacial score (nSPS) is 11.7. The van der Waals surface area contributed by atoms with Crippen molar-refractivity contribution in [2.45, 2.75) is 0 Å². The summed E-state index contributed by atoms with van der Waals surface area (Å²) < 4.78 is 4.88. The molecule has 7 heteroatoms. The van der Waals surface area contributed by atoms with Crippen LogP contribution in [0.3, 0.4) is 0 Å². The Kier molecular flexibility index (Phi) is 11.7. The van der Waals surface area contributed by atoms with Gasteiger partial charge in [-0.1, -0.05) is 146 Å². The van der Waals surface area contributed by atoms with Crippen molar-refractivity contribution in [3.8, 4) is 101 Å². The van der Waals surface area contributed by atoms with Gasteiger partial charge in [0, 0.05) is 102 Å². The maximum atomic E-state index is 4.79. The summed E-state index contributed by atoms with van der Waals surface area (Å²) in [4.78, 5) is 23.0. The van der Waals surface area contributed by atoms with Crippen molar-refractivity contribution in [3.63, 3.8) is 0 Å². The first kappa shape index (κ1) is 49.8. The van der Waals surface area contributed by atoms with Gasteiger partial charge >= 0.3 is 0 Å². The third-order valence-electron chi connectivity index (χ3n) is 17.3. The largest absolute Gasteiger partial charge is 0.355 e. The molecule has 0 atom stereocenters. The third-order valence-corrected chi connectivity index (χ3v) is 17.3. The molecule has 1 N–H and O–H groups in total. The molecule has 0 saturated heterocycles. The van der Waals surface area contributed by atoms with E-state index in [2.05, 4.69) is 269 Å². The zero-order valence-electron chi connectivity index (χ0n) is 47.1. The summed E-state index contributed by atoms with van der Waals surface area (Å²) in [5.74, 6) is 0. The highest BCUT2D eigenvalue weighted by atomic mass is 15.0. The summed E-state index contributed by atoms with van der Waals surface area (Å²) in [5, 5.41) is 6.93. The maximum absolute atomic E-state index is 4.79. The standard InChI is InChI=1S/C80H51N7/c1-5-21-61(71-25-9-13-41-81-71)57(17-1)51-29-37-77-67(45-51)68-46-52(58-18-2-6-22-62(58)72-26-10-14-42-82-72)30-38-78(68)86(77)55-33-35-75-65(49-55)66-50-56(34-36-76(66)85-75)87-79-39-31-53(59-19-3-7-23-63(59)73-27-11-15-43-83-73)47-69(79)70-48-54(32-40-80(70)87)60-20-4-8-24-64(60)74-28-12-16-44-84-74/h1-50,85H. The zero-order chi connectivity index (χ0) is 57.4. The number of aromatic nitrogens is 7. The highest BCUT2D eigenvalue weighted by molar-refractivity contribution is 6.15. The van der Waals surface area contributed by atoms with Crippen LogP contribution in [0, 0.1) is 0 Å². The number of hydrogen-bond donors (Lipinski definition) is 1. The zero-order valence-corrected chi connectivity index (χ0v) is 47.1. The van der Waals surface area contributed by atoms with Gasteiger partial charge in [0.15, 0.2) is 0 Å². The molecule has 7 nitrogen and oxygen atoms in total. The average Bonchev–Trinajstić information content (AvgIpc) is 1.72. The summed E-state index contributed by atoms with van der Waals surface area (Å²) in [6, 6.07) is 100. The molecule has 87 heavy (non-hydrogen) atoms. The second-order valence-corrected chi connectivity index (χ2v) is 22.2. The van der Waals surface area contributed by atoms with Gasteiger partial charge in [-0.3, -0.25) is 19.9 Å². The van der Waals surface area contributed by atoms with Crippen molar-refractivity contribution in [2.24, 2.45) is 0 Å². The van der Waals surface area contributed by atoms with Gasteiger partial charge in [-0.2, -0.15) is 0 Å². The van der Waals surface area contributed by atoms with E-state index in [4.69, 9.17) is 19.9 Å². The van der Waals surface area contributed by atoms with Crippen molar-refractivity contribution in [3.05, 3.63) is 304 Å². The van der Waals surface area contributed by atoms with Crippen LogP contribution in [-0.4, -0.2) is 34.1 Å². The van der Waals surface area contributed by atoms with E-state index in [0.717, 1.165) is 166 Å². The molecule has 17 rings (SSSR count). The molecule has 0 aliphatic heterocycles. The molecular formula is C80H51N7. The van der Waals surface area contributed by atoms with Crippen LogP contribution in [0.15, 0.2) is 304 Å². The maximum Gasteiger partial charge on any atom is 0.0708 e. The fraction of sp³-hybridized carbons (Fsp3) is 0. The minimum atomic E-state index is 0.943. The Morgan fingerprint density at radius 2 is 0.483 bits per heavy atom. The quantitative estimate of drug-likeness (QED) is 0.148. The lowest BCUT2D eigenvalue weighted by Gasteiger charge is -2.12. The van der Waals surface area contributed by atoms with Crippen molar-refractivity contribution in [1.29, 1.82) is 0 Å². The van der Waals surface area contributed by atoms with Gasteiger partial charge in [0.1, 0.15) is 0 Å². The van der Waals surface area contributed by atoms with E-state index >= 15 is 0 Å². The van der Waals surface area contributed by atoms with Gasteiger partial charge in [-0.15, -0.1) is 0 Å². The van der Waals surface area contributed by atoms with Crippen LogP contribution in [-0.2, 0) is 0 Å². The number of H-pyrrole nitrogens is 1. The Morgan fingerprint density at radius 1 is 0.218 bits per heavy atom. The highest BCUT2D eigenvalue weighted by Crippen LogP contribution is 2.44. The first-order valence-corrected chi connectivity index (χ1v) is 29.4. The SMILES string of the molecule is c1ccc(-c2ccccc2-c2ccc3c(c2)c2cc(-c4ccccc4-c4ccccn4)ccc2n3-c2ccc3[nH]c4ccc(-n5c6ccc(-c7ccccc7-c7ccccn7)cc6c6cc(-c7ccccc7-c7ccccn7)ccc65)cc4c3c2)nc1. The molecule has 0 aliphatic rings. The van der Waals surface area contributed by atoms with Crippen LogP contribution in [0.25, 0.3) is 166 Å². The van der Waals surface area contributed by atoms with Crippen LogP contribution in [0.2, 0.25) is 0 Å². The Morgan fingerprint density at radius 3 is 0.747 bits per heavy atom. The van der Waals surface area contributed by atoms with Crippen LogP contribution >= 0.6 is 0 Å². The predicted octanol–water partition coefficient (Wildman–Crippen LogP) is 20.4. The van der Waals surface area contributed by atoms with Crippen molar-refractivity contribution >= 4 is 65.4 Å². The number of rotatable bonds is 10. The van der Waals surface area contributed by atoms with E-state index in [-0.39, 0.29) is 0 Å². The number of hydrogen-bond acceptors (Lipinski definition) is 4. The van der Waals surface area contributed by atoms with E-state index in [1.165, 1.54) is 0 Å². The number of nitrogens with zero attached hydrogens (tertiary/aromatic N) is 6. The first-order valence-electron chi connectivity index (χ1n) is 29.4. The monoisotopic (exact) mass is 1110 g/mol. The molecule has 10 aromatic carbocycles. The summed E-state index contributed by atoms with van der Waals surface area (Å²) in [6.07, 6.45) is 7.46. The lowest BCUT2D eigenvalue weighted by Crippen LogP contribution is -1.95. The number of nitrogens with one attached hydrogen (secondary N) is 1.